The Morgan fingerprint density at radius 2 is 1.79 bits per heavy atom. The number of nitrogens with zero attached hydrogens (tertiary/aromatic N) is 1. The molecule has 0 bridgehead atoms. The van der Waals surface area contributed by atoms with Crippen molar-refractivity contribution in [3.05, 3.63) is 47.6 Å². The third-order valence-electron chi connectivity index (χ3n) is 3.24. The van der Waals surface area contributed by atoms with Gasteiger partial charge in [-0.05, 0) is 37.3 Å². The van der Waals surface area contributed by atoms with Gasteiger partial charge in [0.2, 0.25) is 11.8 Å². The number of anilines is 1. The van der Waals surface area contributed by atoms with Crippen molar-refractivity contribution in [3.63, 3.8) is 0 Å². The van der Waals surface area contributed by atoms with E-state index in [9.17, 15) is 4.79 Å². The van der Waals surface area contributed by atoms with Gasteiger partial charge in [-0.3, -0.25) is 4.79 Å². The second kappa shape index (κ2) is 10.4. The number of rotatable bonds is 5. The van der Waals surface area contributed by atoms with Gasteiger partial charge in [0.25, 0.3) is 0 Å². The van der Waals surface area contributed by atoms with E-state index in [0.717, 1.165) is 0 Å². The zero-order chi connectivity index (χ0) is 16.1. The fourth-order valence-corrected chi connectivity index (χ4v) is 1.76. The van der Waals surface area contributed by atoms with Crippen LogP contribution in [0.4, 0.5) is 5.69 Å². The van der Waals surface area contributed by atoms with E-state index in [4.69, 9.17) is 22.1 Å². The van der Waals surface area contributed by atoms with Crippen LogP contribution in [0, 0.1) is 5.92 Å². The number of carbonyl (C=O) groups excluding carboxylic acids is 1. The van der Waals surface area contributed by atoms with E-state index in [1.54, 1.807) is 50.2 Å². The Hall–Kier alpha value is -1.53. The summed E-state index contributed by atoms with van der Waals surface area (Å²) in [7, 11) is 0. The maximum atomic E-state index is 11.9. The van der Waals surface area contributed by atoms with E-state index >= 15 is 0 Å². The number of nitrogens with two attached hydrogens (primary N) is 1. The van der Waals surface area contributed by atoms with E-state index in [0.29, 0.717) is 22.3 Å². The van der Waals surface area contributed by atoms with Crippen molar-refractivity contribution in [2.45, 2.75) is 19.9 Å². The molecule has 0 aliphatic heterocycles. The van der Waals surface area contributed by atoms with Crippen molar-refractivity contribution in [2.75, 3.05) is 5.32 Å². The van der Waals surface area contributed by atoms with Crippen LogP contribution in [-0.4, -0.2) is 16.9 Å². The molecule has 1 heterocycles. The van der Waals surface area contributed by atoms with Gasteiger partial charge in [-0.2, -0.15) is 0 Å². The van der Waals surface area contributed by atoms with Crippen LogP contribution in [0.2, 0.25) is 5.02 Å². The third kappa shape index (κ3) is 6.53. The average Bonchev–Trinajstić information content (AvgIpc) is 2.50. The van der Waals surface area contributed by atoms with Crippen molar-refractivity contribution in [2.24, 2.45) is 11.7 Å². The normalized spacial score (nSPS) is 12.2. The van der Waals surface area contributed by atoms with Gasteiger partial charge < -0.3 is 15.8 Å². The second-order valence-corrected chi connectivity index (χ2v) is 5.51. The van der Waals surface area contributed by atoms with Crippen LogP contribution in [0.5, 0.6) is 11.6 Å². The number of hydrogen-bond donors (Lipinski definition) is 2. The van der Waals surface area contributed by atoms with Gasteiger partial charge in [-0.25, -0.2) is 4.98 Å². The molecule has 0 aliphatic carbocycles. The number of pyridine rings is 1. The molecule has 0 spiro atoms. The fourth-order valence-electron chi connectivity index (χ4n) is 1.63. The molecule has 0 fully saturated rings. The van der Waals surface area contributed by atoms with Gasteiger partial charge >= 0.3 is 0 Å². The molecule has 132 valence electrons. The Bertz CT molecular complexity index is 634. The first kappa shape index (κ1) is 22.5. The number of nitrogens with one attached hydrogen (secondary N) is 1. The monoisotopic (exact) mass is 391 g/mol. The molecular weight excluding hydrogens is 373 g/mol. The third-order valence-corrected chi connectivity index (χ3v) is 3.49. The van der Waals surface area contributed by atoms with E-state index in [-0.39, 0.29) is 42.7 Å². The van der Waals surface area contributed by atoms with Crippen molar-refractivity contribution in [1.82, 2.24) is 4.98 Å². The molecule has 1 aromatic heterocycles. The summed E-state index contributed by atoms with van der Waals surface area (Å²) in [6.45, 7) is 3.58. The minimum atomic E-state index is -0.273. The van der Waals surface area contributed by atoms with Crippen LogP contribution in [-0.2, 0) is 4.79 Å². The molecule has 0 saturated carbocycles. The lowest BCUT2D eigenvalue weighted by atomic mass is 10.0. The van der Waals surface area contributed by atoms with Gasteiger partial charge in [0, 0.05) is 17.1 Å². The summed E-state index contributed by atoms with van der Waals surface area (Å²) in [5.74, 6) is 0.660. The second-order valence-electron chi connectivity index (χ2n) is 5.08. The van der Waals surface area contributed by atoms with Crippen molar-refractivity contribution in [1.29, 1.82) is 0 Å². The molecule has 3 N–H and O–H groups in total. The molecule has 2 aromatic rings. The minimum absolute atomic E-state index is 0. The first-order chi connectivity index (χ1) is 10.5. The van der Waals surface area contributed by atoms with Gasteiger partial charge in [-0.1, -0.05) is 18.5 Å². The Morgan fingerprint density at radius 3 is 2.29 bits per heavy atom. The Morgan fingerprint density at radius 1 is 1.17 bits per heavy atom. The number of aromatic nitrogens is 1. The zero-order valence-electron chi connectivity index (χ0n) is 13.2. The molecule has 1 amide bonds. The Kier molecular flexibility index (Phi) is 9.70. The van der Waals surface area contributed by atoms with Crippen molar-refractivity contribution >= 4 is 48.0 Å². The smallest absolute Gasteiger partial charge is 0.228 e. The lowest BCUT2D eigenvalue weighted by Gasteiger charge is -2.15. The first-order valence-corrected chi connectivity index (χ1v) is 7.29. The minimum Gasteiger partial charge on any atom is -0.439 e. The van der Waals surface area contributed by atoms with Crippen LogP contribution in [0.25, 0.3) is 0 Å². The molecule has 24 heavy (non-hydrogen) atoms. The van der Waals surface area contributed by atoms with Gasteiger partial charge in [0.05, 0.1) is 17.8 Å². The topological polar surface area (TPSA) is 77.2 Å². The van der Waals surface area contributed by atoms with Gasteiger partial charge in [0.15, 0.2) is 0 Å². The van der Waals surface area contributed by atoms with Crippen LogP contribution < -0.4 is 15.8 Å². The van der Waals surface area contributed by atoms with E-state index < -0.39 is 0 Å². The number of hydrogen-bond acceptors (Lipinski definition) is 4. The first-order valence-electron chi connectivity index (χ1n) is 6.91. The molecule has 2 atom stereocenters. The maximum absolute atomic E-state index is 11.9. The summed E-state index contributed by atoms with van der Waals surface area (Å²) in [5, 5.41) is 3.41. The number of carbonyl (C=O) groups is 1. The number of halogens is 3. The largest absolute Gasteiger partial charge is 0.439 e. The molecular formula is C16H20Cl3N3O2. The van der Waals surface area contributed by atoms with Crippen LogP contribution in [0.15, 0.2) is 42.6 Å². The van der Waals surface area contributed by atoms with Crippen molar-refractivity contribution < 1.29 is 9.53 Å². The summed E-state index contributed by atoms with van der Waals surface area (Å²) in [5.41, 5.74) is 6.30. The fraction of sp³-hybridized carbons (Fsp3) is 0.250. The predicted octanol–water partition coefficient (Wildman–Crippen LogP) is 4.29. The van der Waals surface area contributed by atoms with Crippen LogP contribution in [0.1, 0.15) is 13.8 Å². The Balaban J connectivity index is 0.00000264. The quantitative estimate of drug-likeness (QED) is 0.795. The van der Waals surface area contributed by atoms with E-state index in [1.807, 2.05) is 0 Å². The molecule has 0 aliphatic rings. The predicted molar refractivity (Wildman–Crippen MR) is 102 cm³/mol. The SMILES string of the molecule is CC(N)C(C)C(=O)Nc1ccc(Oc2ccc(Cl)cc2)nc1.Cl.Cl. The highest BCUT2D eigenvalue weighted by atomic mass is 35.5. The van der Waals surface area contributed by atoms with E-state index in [2.05, 4.69) is 10.3 Å². The molecule has 2 unspecified atom stereocenters. The Labute approximate surface area is 158 Å². The highest BCUT2D eigenvalue weighted by Gasteiger charge is 2.17. The molecule has 5 nitrogen and oxygen atoms in total. The highest BCUT2D eigenvalue weighted by molar-refractivity contribution is 6.30. The van der Waals surface area contributed by atoms with Gasteiger partial charge in [0.1, 0.15) is 5.75 Å². The molecule has 1 aromatic carbocycles. The van der Waals surface area contributed by atoms with Crippen LogP contribution in [0.3, 0.4) is 0 Å². The number of benzene rings is 1. The lowest BCUT2D eigenvalue weighted by molar-refractivity contribution is -0.119. The summed E-state index contributed by atoms with van der Waals surface area (Å²) in [6.07, 6.45) is 1.54. The zero-order valence-corrected chi connectivity index (χ0v) is 15.6. The standard InChI is InChI=1S/C16H18ClN3O2.2ClH/c1-10(11(2)18)16(21)20-13-5-8-15(19-9-13)22-14-6-3-12(17)4-7-14;;/h3-11H,18H2,1-2H3,(H,20,21);2*1H. The summed E-state index contributed by atoms with van der Waals surface area (Å²) in [6, 6.07) is 10.2. The summed E-state index contributed by atoms with van der Waals surface area (Å²) >= 11 is 5.81. The maximum Gasteiger partial charge on any atom is 0.228 e. The van der Waals surface area contributed by atoms with Crippen LogP contribution >= 0.6 is 36.4 Å². The average molecular weight is 393 g/mol. The highest BCUT2D eigenvalue weighted by Crippen LogP contribution is 2.22. The number of amides is 1. The molecule has 2 rings (SSSR count). The molecule has 0 radical (unpaired) electrons. The summed E-state index contributed by atoms with van der Waals surface area (Å²) < 4.78 is 5.58. The van der Waals surface area contributed by atoms with Gasteiger partial charge in [-0.15, -0.1) is 24.8 Å². The molecule has 0 saturated heterocycles. The van der Waals surface area contributed by atoms with Crippen molar-refractivity contribution in [3.8, 4) is 11.6 Å². The summed E-state index contributed by atoms with van der Waals surface area (Å²) in [4.78, 5) is 16.1. The number of ether oxygens (including phenoxy) is 1. The molecule has 8 heteroatoms. The lowest BCUT2D eigenvalue weighted by Crippen LogP contribution is -2.34. The van der Waals surface area contributed by atoms with E-state index in [1.165, 1.54) is 6.20 Å².